The molecule has 4 rings (SSSR count). The fourth-order valence-electron chi connectivity index (χ4n) is 5.17. The van der Waals surface area contributed by atoms with Crippen LogP contribution < -0.4 is 0 Å². The molecule has 0 aromatic heterocycles. The van der Waals surface area contributed by atoms with Gasteiger partial charge in [0.25, 0.3) is 0 Å². The van der Waals surface area contributed by atoms with E-state index in [-0.39, 0.29) is 23.5 Å². The van der Waals surface area contributed by atoms with Gasteiger partial charge in [-0.15, -0.1) is 0 Å². The van der Waals surface area contributed by atoms with Gasteiger partial charge < -0.3 is 5.11 Å². The molecule has 3 atom stereocenters. The molecule has 142 valence electrons. The number of carbonyl (C=O) groups excluding carboxylic acids is 1. The van der Waals surface area contributed by atoms with Crippen molar-refractivity contribution in [2.75, 3.05) is 19.7 Å². The first-order valence-electron chi connectivity index (χ1n) is 10.3. The lowest BCUT2D eigenvalue weighted by atomic mass is 9.58. The zero-order valence-corrected chi connectivity index (χ0v) is 16.7. The molecular formula is C23H33NO2. The molecule has 26 heavy (non-hydrogen) atoms. The van der Waals surface area contributed by atoms with E-state index in [0.29, 0.717) is 11.7 Å². The maximum atomic E-state index is 13.4. The smallest absolute Gasteiger partial charge is 0.180 e. The third-order valence-electron chi connectivity index (χ3n) is 7.32. The van der Waals surface area contributed by atoms with Crippen molar-refractivity contribution in [1.82, 2.24) is 4.90 Å². The van der Waals surface area contributed by atoms with Gasteiger partial charge in [-0.2, -0.15) is 0 Å². The van der Waals surface area contributed by atoms with E-state index in [1.807, 2.05) is 0 Å². The molecule has 2 bridgehead atoms. The summed E-state index contributed by atoms with van der Waals surface area (Å²) >= 11 is 0. The first-order valence-corrected chi connectivity index (χ1v) is 10.3. The Morgan fingerprint density at radius 3 is 2.69 bits per heavy atom. The quantitative estimate of drug-likeness (QED) is 0.873. The van der Waals surface area contributed by atoms with Crippen LogP contribution in [-0.2, 0) is 11.8 Å². The SMILES string of the molecule is C[C@H]1[C@H]2C(=O)c3ccc(CC(C)(C)CO)cc3[C@]1(C)CCN2CC1CC1. The number of likely N-dealkylation sites (tertiary alicyclic amines) is 1. The highest BCUT2D eigenvalue weighted by Gasteiger charge is 2.52. The van der Waals surface area contributed by atoms with Crippen molar-refractivity contribution in [3.05, 3.63) is 34.9 Å². The van der Waals surface area contributed by atoms with Gasteiger partial charge in [-0.1, -0.05) is 45.9 Å². The number of carbonyl (C=O) groups is 1. The number of aliphatic hydroxyl groups is 1. The minimum absolute atomic E-state index is 0.0570. The van der Waals surface area contributed by atoms with Crippen LogP contribution in [-0.4, -0.2) is 41.5 Å². The Morgan fingerprint density at radius 2 is 2.04 bits per heavy atom. The molecule has 0 radical (unpaired) electrons. The predicted molar refractivity (Wildman–Crippen MR) is 105 cm³/mol. The van der Waals surface area contributed by atoms with Gasteiger partial charge in [0.2, 0.25) is 0 Å². The molecule has 3 aliphatic rings. The summed E-state index contributed by atoms with van der Waals surface area (Å²) in [6.07, 6.45) is 4.64. The lowest BCUT2D eigenvalue weighted by Crippen LogP contribution is -2.61. The number of hydrogen-bond donors (Lipinski definition) is 1. The molecule has 2 fully saturated rings. The van der Waals surface area contributed by atoms with E-state index in [0.717, 1.165) is 37.4 Å². The largest absolute Gasteiger partial charge is 0.396 e. The predicted octanol–water partition coefficient (Wildman–Crippen LogP) is 3.82. The summed E-state index contributed by atoms with van der Waals surface area (Å²) in [6.45, 7) is 11.2. The van der Waals surface area contributed by atoms with Crippen LogP contribution in [0.1, 0.15) is 68.4 Å². The highest BCUT2D eigenvalue weighted by atomic mass is 16.3. The van der Waals surface area contributed by atoms with Crippen molar-refractivity contribution in [2.45, 2.75) is 64.8 Å². The van der Waals surface area contributed by atoms with E-state index in [9.17, 15) is 9.90 Å². The average molecular weight is 356 g/mol. The Bertz CT molecular complexity index is 721. The topological polar surface area (TPSA) is 40.5 Å². The summed E-state index contributed by atoms with van der Waals surface area (Å²) < 4.78 is 0. The van der Waals surface area contributed by atoms with E-state index in [1.165, 1.54) is 24.0 Å². The van der Waals surface area contributed by atoms with Crippen LogP contribution in [0.2, 0.25) is 0 Å². The standard InChI is InChI=1S/C23H33NO2/c1-15-20-21(26)18-8-7-17(12-22(2,3)14-25)11-19(18)23(15,4)9-10-24(20)13-16-5-6-16/h7-8,11,15-16,20,25H,5-6,9-10,12-14H2,1-4H3/t15-,20-,23+/m0/s1. The maximum Gasteiger partial charge on any atom is 0.180 e. The third kappa shape index (κ3) is 2.93. The second-order valence-corrected chi connectivity index (χ2v) is 10.1. The maximum absolute atomic E-state index is 13.4. The molecular weight excluding hydrogens is 322 g/mol. The number of Topliss-reactive ketones (excluding diaryl/α,β-unsaturated/α-hetero) is 1. The van der Waals surface area contributed by atoms with Gasteiger partial charge in [-0.05, 0) is 66.0 Å². The van der Waals surface area contributed by atoms with E-state index in [2.05, 4.69) is 50.8 Å². The fourth-order valence-corrected chi connectivity index (χ4v) is 5.17. The molecule has 1 saturated heterocycles. The summed E-state index contributed by atoms with van der Waals surface area (Å²) in [5.74, 6) is 1.51. The number of aliphatic hydroxyl groups excluding tert-OH is 1. The summed E-state index contributed by atoms with van der Waals surface area (Å²) in [5.41, 5.74) is 3.39. The van der Waals surface area contributed by atoms with E-state index >= 15 is 0 Å². The van der Waals surface area contributed by atoms with E-state index in [4.69, 9.17) is 0 Å². The normalized spacial score (nSPS) is 31.8. The second-order valence-electron chi connectivity index (χ2n) is 10.1. The van der Waals surface area contributed by atoms with Crippen molar-refractivity contribution in [1.29, 1.82) is 0 Å². The van der Waals surface area contributed by atoms with Gasteiger partial charge in [-0.3, -0.25) is 9.69 Å². The van der Waals surface area contributed by atoms with Crippen molar-refractivity contribution >= 4 is 5.78 Å². The van der Waals surface area contributed by atoms with Crippen molar-refractivity contribution < 1.29 is 9.90 Å². The van der Waals surface area contributed by atoms with Gasteiger partial charge in [0.15, 0.2) is 5.78 Å². The van der Waals surface area contributed by atoms with E-state index in [1.54, 1.807) is 0 Å². The van der Waals surface area contributed by atoms with Gasteiger partial charge in [0, 0.05) is 18.7 Å². The van der Waals surface area contributed by atoms with Gasteiger partial charge in [0.1, 0.15) is 0 Å². The number of hydrogen-bond acceptors (Lipinski definition) is 3. The number of piperidine rings is 1. The molecule has 1 N–H and O–H groups in total. The molecule has 1 saturated carbocycles. The van der Waals surface area contributed by atoms with Crippen LogP contribution in [0.5, 0.6) is 0 Å². The monoisotopic (exact) mass is 355 g/mol. The number of fused-ring (bicyclic) bond motifs is 4. The number of rotatable bonds is 5. The van der Waals surface area contributed by atoms with Crippen molar-refractivity contribution in [3.8, 4) is 0 Å². The molecule has 3 nitrogen and oxygen atoms in total. The third-order valence-corrected chi connectivity index (χ3v) is 7.32. The molecule has 0 spiro atoms. The number of nitrogens with zero attached hydrogens (tertiary/aromatic N) is 1. The Hall–Kier alpha value is -1.19. The Balaban J connectivity index is 1.70. The zero-order chi connectivity index (χ0) is 18.7. The Morgan fingerprint density at radius 1 is 1.31 bits per heavy atom. The van der Waals surface area contributed by atoms with Crippen molar-refractivity contribution in [2.24, 2.45) is 17.3 Å². The molecule has 1 aromatic carbocycles. The van der Waals surface area contributed by atoms with Crippen LogP contribution >= 0.6 is 0 Å². The van der Waals surface area contributed by atoms with Crippen molar-refractivity contribution in [3.63, 3.8) is 0 Å². The lowest BCUT2D eigenvalue weighted by Gasteiger charge is -2.53. The summed E-state index contributed by atoms with van der Waals surface area (Å²) in [6, 6.07) is 6.50. The molecule has 1 heterocycles. The van der Waals surface area contributed by atoms with Crippen LogP contribution in [0, 0.1) is 17.3 Å². The first kappa shape index (κ1) is 18.2. The molecule has 1 aromatic rings. The first-order chi connectivity index (χ1) is 12.2. The highest BCUT2D eigenvalue weighted by molar-refractivity contribution is 6.03. The van der Waals surface area contributed by atoms with Gasteiger partial charge in [0.05, 0.1) is 6.04 Å². The summed E-state index contributed by atoms with van der Waals surface area (Å²) in [4.78, 5) is 15.8. The fraction of sp³-hybridized carbons (Fsp3) is 0.696. The van der Waals surface area contributed by atoms with Crippen LogP contribution in [0.3, 0.4) is 0 Å². The molecule has 2 aliphatic carbocycles. The van der Waals surface area contributed by atoms with Gasteiger partial charge in [-0.25, -0.2) is 0 Å². The van der Waals surface area contributed by atoms with Crippen LogP contribution in [0.15, 0.2) is 18.2 Å². The zero-order valence-electron chi connectivity index (χ0n) is 16.7. The molecule has 3 heteroatoms. The minimum Gasteiger partial charge on any atom is -0.396 e. The Kier molecular flexibility index (Phi) is 4.32. The summed E-state index contributed by atoms with van der Waals surface area (Å²) in [7, 11) is 0. The molecule has 0 unspecified atom stereocenters. The second kappa shape index (κ2) is 6.17. The minimum atomic E-state index is -0.129. The average Bonchev–Trinajstić information content (AvgIpc) is 3.41. The highest BCUT2D eigenvalue weighted by Crippen LogP contribution is 2.49. The Labute approximate surface area is 157 Å². The van der Waals surface area contributed by atoms with E-state index < -0.39 is 0 Å². The van der Waals surface area contributed by atoms with Crippen LogP contribution in [0.25, 0.3) is 0 Å². The number of ketones is 1. The van der Waals surface area contributed by atoms with Crippen LogP contribution in [0.4, 0.5) is 0 Å². The molecule has 1 aliphatic heterocycles. The lowest BCUT2D eigenvalue weighted by molar-refractivity contribution is 0.0265. The summed E-state index contributed by atoms with van der Waals surface area (Å²) in [5, 5.41) is 9.62. The van der Waals surface area contributed by atoms with Gasteiger partial charge >= 0.3 is 0 Å². The number of benzene rings is 1. The molecule has 0 amide bonds.